The fraction of sp³-hybridized carbons (Fsp3) is 0.692. The molecule has 0 aliphatic heterocycles. The third-order valence-electron chi connectivity index (χ3n) is 1.81. The van der Waals surface area contributed by atoms with Gasteiger partial charge in [-0.25, -0.2) is 0 Å². The van der Waals surface area contributed by atoms with Gasteiger partial charge in [-0.05, 0) is 10.8 Å². The van der Waals surface area contributed by atoms with E-state index in [1.54, 1.807) is 0 Å². The molecular weight excluding hydrogens is 394 g/mol. The number of oxime groups is 1. The quantitative estimate of drug-likeness (QED) is 0.203. The van der Waals surface area contributed by atoms with Crippen LogP contribution in [0.25, 0.3) is 0 Å². The van der Waals surface area contributed by atoms with E-state index in [4.69, 9.17) is 10.3 Å². The van der Waals surface area contributed by atoms with E-state index in [-0.39, 0.29) is 89.6 Å². The second-order valence-electron chi connectivity index (χ2n) is 5.53. The summed E-state index contributed by atoms with van der Waals surface area (Å²) in [6.07, 6.45) is 0. The SMILES string of the molecule is C.[CH2-]C(=NO)C(C)(C)C.[CH2-]N=C(O)C(C)(C)C.[Y].[Y]. The van der Waals surface area contributed by atoms with E-state index in [1.165, 1.54) is 0 Å². The van der Waals surface area contributed by atoms with E-state index in [0.29, 0.717) is 5.71 Å². The van der Waals surface area contributed by atoms with Gasteiger partial charge in [0.05, 0.1) is 0 Å². The molecule has 0 spiro atoms. The van der Waals surface area contributed by atoms with Crippen molar-refractivity contribution in [3.8, 4) is 0 Å². The van der Waals surface area contributed by atoms with Crippen LogP contribution in [0.5, 0.6) is 0 Å². The molecule has 0 aliphatic rings. The molecule has 0 aromatic heterocycles. The van der Waals surface area contributed by atoms with Gasteiger partial charge in [-0.1, -0.05) is 54.7 Å². The Labute approximate surface area is 169 Å². The Hall–Kier alpha value is 0.888. The van der Waals surface area contributed by atoms with Crippen molar-refractivity contribution in [1.29, 1.82) is 0 Å². The molecule has 2 N–H and O–H groups in total. The third-order valence-corrected chi connectivity index (χ3v) is 1.81. The van der Waals surface area contributed by atoms with Crippen molar-refractivity contribution in [2.75, 3.05) is 0 Å². The minimum Gasteiger partial charge on any atom is -0.579 e. The number of aliphatic imine (C=N–C) groups is 1. The molecule has 2 radical (unpaired) electrons. The maximum absolute atomic E-state index is 8.88. The average Bonchev–Trinajstić information content (AvgIpc) is 2.13. The van der Waals surface area contributed by atoms with Crippen molar-refractivity contribution in [2.24, 2.45) is 21.0 Å². The fourth-order valence-electron chi connectivity index (χ4n) is 0.387. The first-order valence-corrected chi connectivity index (χ1v) is 5.04. The Morgan fingerprint density at radius 2 is 1.26 bits per heavy atom. The number of aliphatic hydroxyl groups is 1. The van der Waals surface area contributed by atoms with Crippen molar-refractivity contribution in [2.45, 2.75) is 49.0 Å². The van der Waals surface area contributed by atoms with Gasteiger partial charge >= 0.3 is 0 Å². The minimum absolute atomic E-state index is 0. The Bertz CT molecular complexity index is 237. The van der Waals surface area contributed by atoms with Gasteiger partial charge in [0, 0.05) is 71.3 Å². The molecule has 0 atom stereocenters. The van der Waals surface area contributed by atoms with E-state index in [9.17, 15) is 0 Å². The molecule has 19 heavy (non-hydrogen) atoms. The average molecular weight is 422 g/mol. The van der Waals surface area contributed by atoms with Gasteiger partial charge in [0.15, 0.2) is 0 Å². The Kier molecular flexibility index (Phi) is 23.3. The standard InChI is InChI=1S/2C6H12NO.CH4.2Y/c1-6(2,3)5(8)7-4;1-5(7-8)6(2,3)4;;;/h4H2,1-3H3,(H,7,8);8H,1H2,2-4H3;1H4;;/q2*-1;;;. The zero-order valence-corrected chi connectivity index (χ0v) is 18.0. The van der Waals surface area contributed by atoms with Crippen LogP contribution in [-0.2, 0) is 65.4 Å². The van der Waals surface area contributed by atoms with Gasteiger partial charge in [0.25, 0.3) is 0 Å². The Balaban J connectivity index is -0.0000000594. The smallest absolute Gasteiger partial charge is 0.0331 e. The first kappa shape index (κ1) is 32.0. The van der Waals surface area contributed by atoms with Crippen molar-refractivity contribution >= 4 is 11.6 Å². The van der Waals surface area contributed by atoms with E-state index in [2.05, 4.69) is 24.1 Å². The van der Waals surface area contributed by atoms with Crippen LogP contribution in [0, 0.1) is 24.8 Å². The molecule has 0 bridgehead atoms. The van der Waals surface area contributed by atoms with Crippen LogP contribution in [0.4, 0.5) is 0 Å². The van der Waals surface area contributed by atoms with E-state index in [0.717, 1.165) is 0 Å². The maximum atomic E-state index is 8.88. The number of rotatable bonds is 0. The summed E-state index contributed by atoms with van der Waals surface area (Å²) in [5.41, 5.74) is 0.161. The van der Waals surface area contributed by atoms with Crippen LogP contribution >= 0.6 is 0 Å². The van der Waals surface area contributed by atoms with Crippen molar-refractivity contribution in [3.05, 3.63) is 14.0 Å². The van der Waals surface area contributed by atoms with Gasteiger partial charge in [-0.15, -0.1) is 5.16 Å². The summed E-state index contributed by atoms with van der Waals surface area (Å²) in [5, 5.41) is 20.0. The molecule has 0 unspecified atom stereocenters. The minimum atomic E-state index is -0.248. The Morgan fingerprint density at radius 1 is 0.947 bits per heavy atom. The zero-order chi connectivity index (χ0) is 13.6. The summed E-state index contributed by atoms with van der Waals surface area (Å²) < 4.78 is 0. The molecule has 0 saturated heterocycles. The molecule has 0 saturated carbocycles. The molecule has 0 amide bonds. The molecule has 0 fully saturated rings. The van der Waals surface area contributed by atoms with E-state index < -0.39 is 0 Å². The van der Waals surface area contributed by atoms with Gasteiger partial charge in [0.1, 0.15) is 0 Å². The van der Waals surface area contributed by atoms with Gasteiger partial charge in [0.2, 0.25) is 0 Å². The number of hydrogen-bond acceptors (Lipinski definition) is 3. The number of aliphatic hydroxyl groups excluding tert-OH is 1. The Morgan fingerprint density at radius 3 is 1.26 bits per heavy atom. The van der Waals surface area contributed by atoms with Crippen molar-refractivity contribution in [3.63, 3.8) is 0 Å². The van der Waals surface area contributed by atoms with Gasteiger partial charge in [-0.3, -0.25) is 0 Å². The van der Waals surface area contributed by atoms with E-state index in [1.807, 2.05) is 41.5 Å². The number of hydrogen-bond donors (Lipinski definition) is 2. The molecule has 6 heteroatoms. The van der Waals surface area contributed by atoms with Crippen LogP contribution in [0.15, 0.2) is 10.1 Å². The summed E-state index contributed by atoms with van der Waals surface area (Å²) in [6.45, 7) is 15.0. The fourth-order valence-corrected chi connectivity index (χ4v) is 0.387. The van der Waals surface area contributed by atoms with E-state index >= 15 is 0 Å². The normalized spacial score (nSPS) is 11.9. The molecular formula is C13H28N2O2Y2-2. The zero-order valence-electron chi connectivity index (χ0n) is 12.4. The molecule has 0 aliphatic carbocycles. The van der Waals surface area contributed by atoms with Crippen molar-refractivity contribution in [1.82, 2.24) is 0 Å². The molecule has 4 nitrogen and oxygen atoms in total. The molecule has 110 valence electrons. The summed E-state index contributed by atoms with van der Waals surface area (Å²) in [5.74, 6) is 0.0949. The third kappa shape index (κ3) is 18.9. The van der Waals surface area contributed by atoms with Crippen LogP contribution in [-0.4, -0.2) is 21.9 Å². The van der Waals surface area contributed by atoms with Gasteiger partial charge in [-0.2, -0.15) is 7.05 Å². The van der Waals surface area contributed by atoms with Crippen LogP contribution in [0.1, 0.15) is 49.0 Å². The van der Waals surface area contributed by atoms with Gasteiger partial charge < -0.3 is 22.2 Å². The van der Waals surface area contributed by atoms with Crippen LogP contribution in [0.2, 0.25) is 0 Å². The predicted octanol–water partition coefficient (Wildman–Crippen LogP) is 4.11. The molecule has 0 heterocycles. The predicted molar refractivity (Wildman–Crippen MR) is 75.6 cm³/mol. The summed E-state index contributed by atoms with van der Waals surface area (Å²) in [6, 6.07) is 0. The second kappa shape index (κ2) is 13.9. The second-order valence-corrected chi connectivity index (χ2v) is 5.53. The summed E-state index contributed by atoms with van der Waals surface area (Å²) >= 11 is 0. The maximum Gasteiger partial charge on any atom is 0.0331 e. The summed E-state index contributed by atoms with van der Waals surface area (Å²) in [4.78, 5) is 3.38. The van der Waals surface area contributed by atoms with Crippen LogP contribution < -0.4 is 0 Å². The molecule has 0 rings (SSSR count). The topological polar surface area (TPSA) is 65.2 Å². The van der Waals surface area contributed by atoms with Crippen molar-refractivity contribution < 1.29 is 75.7 Å². The van der Waals surface area contributed by atoms with Crippen LogP contribution in [0.3, 0.4) is 0 Å². The monoisotopic (exact) mass is 422 g/mol. The summed E-state index contributed by atoms with van der Waals surface area (Å²) in [7, 11) is 3.19. The molecule has 0 aromatic carbocycles. The first-order valence-electron chi connectivity index (χ1n) is 5.04. The molecule has 0 aromatic rings. The first-order chi connectivity index (χ1) is 6.96. The largest absolute Gasteiger partial charge is 0.579 e. The number of nitrogens with zero attached hydrogens (tertiary/aromatic N) is 2.